The van der Waals surface area contributed by atoms with Crippen LogP contribution >= 0.6 is 0 Å². The molecule has 0 saturated carbocycles. The van der Waals surface area contributed by atoms with Crippen molar-refractivity contribution in [3.63, 3.8) is 0 Å². The lowest BCUT2D eigenvalue weighted by atomic mass is 10.1. The van der Waals surface area contributed by atoms with Crippen molar-refractivity contribution in [2.24, 2.45) is 0 Å². The number of methoxy groups -OCH3 is 1. The number of sulfonamides is 1. The fourth-order valence-electron chi connectivity index (χ4n) is 2.90. The van der Waals surface area contributed by atoms with Crippen molar-refractivity contribution in [3.8, 4) is 5.75 Å². The van der Waals surface area contributed by atoms with E-state index in [1.54, 1.807) is 36.4 Å². The highest BCUT2D eigenvalue weighted by Crippen LogP contribution is 2.18. The molecule has 1 fully saturated rings. The summed E-state index contributed by atoms with van der Waals surface area (Å²) in [6.07, 6.45) is 2.68. The molecule has 0 aromatic heterocycles. The highest BCUT2D eigenvalue weighted by Gasteiger charge is 2.25. The third-order valence-electron chi connectivity index (χ3n) is 4.66. The summed E-state index contributed by atoms with van der Waals surface area (Å²) in [6.45, 7) is 1.02. The Kier molecular flexibility index (Phi) is 7.56. The van der Waals surface area contributed by atoms with Gasteiger partial charge in [0.25, 0.3) is 0 Å². The lowest BCUT2D eigenvalue weighted by Gasteiger charge is -2.26. The fraction of sp³-hybridized carbons (Fsp3) is 0.273. The molecule has 0 spiro atoms. The normalized spacial score (nSPS) is 15.0. The van der Waals surface area contributed by atoms with Gasteiger partial charge in [-0.05, 0) is 48.0 Å². The van der Waals surface area contributed by atoms with Gasteiger partial charge in [-0.15, -0.1) is 0 Å². The fourth-order valence-corrected chi connectivity index (χ4v) is 4.30. The van der Waals surface area contributed by atoms with E-state index in [4.69, 9.17) is 14.2 Å². The SMILES string of the molecule is COc1ccc(C(=O)COC(=O)C=Cc2ccc(S(=O)(=O)N3CCOCC3)cc2)cc1. The second-order valence-electron chi connectivity index (χ2n) is 6.68. The Labute approximate surface area is 181 Å². The molecular formula is C22H23NO7S. The summed E-state index contributed by atoms with van der Waals surface area (Å²) < 4.78 is 41.8. The Morgan fingerprint density at radius 3 is 2.29 bits per heavy atom. The number of morpholine rings is 1. The maximum absolute atomic E-state index is 12.6. The van der Waals surface area contributed by atoms with Gasteiger partial charge in [0.2, 0.25) is 10.0 Å². The number of ketones is 1. The molecule has 3 rings (SSSR count). The summed E-state index contributed by atoms with van der Waals surface area (Å²) in [4.78, 5) is 24.1. The van der Waals surface area contributed by atoms with Gasteiger partial charge in [-0.3, -0.25) is 4.79 Å². The molecule has 0 amide bonds. The number of rotatable bonds is 8. The van der Waals surface area contributed by atoms with Crippen LogP contribution in [0.4, 0.5) is 0 Å². The zero-order valence-corrected chi connectivity index (χ0v) is 17.8. The van der Waals surface area contributed by atoms with Gasteiger partial charge in [0, 0.05) is 24.7 Å². The quantitative estimate of drug-likeness (QED) is 0.349. The minimum Gasteiger partial charge on any atom is -0.497 e. The molecule has 0 bridgehead atoms. The zero-order chi connectivity index (χ0) is 22.3. The van der Waals surface area contributed by atoms with Crippen molar-refractivity contribution in [2.75, 3.05) is 40.0 Å². The number of ether oxygens (including phenoxy) is 3. The largest absolute Gasteiger partial charge is 0.497 e. The first-order valence-corrected chi connectivity index (χ1v) is 11.0. The second kappa shape index (κ2) is 10.3. The van der Waals surface area contributed by atoms with E-state index in [1.807, 2.05) is 0 Å². The van der Waals surface area contributed by atoms with Gasteiger partial charge >= 0.3 is 5.97 Å². The number of hydrogen-bond acceptors (Lipinski definition) is 7. The third-order valence-corrected chi connectivity index (χ3v) is 6.57. The van der Waals surface area contributed by atoms with Crippen LogP contribution < -0.4 is 4.74 Å². The predicted molar refractivity (Wildman–Crippen MR) is 113 cm³/mol. The summed E-state index contributed by atoms with van der Waals surface area (Å²) >= 11 is 0. The maximum atomic E-state index is 12.6. The van der Waals surface area contributed by atoms with Crippen molar-refractivity contribution in [1.29, 1.82) is 0 Å². The number of Topliss-reactive ketones (excluding diaryl/α,β-unsaturated/α-hetero) is 1. The first kappa shape index (κ1) is 22.7. The molecule has 0 unspecified atom stereocenters. The number of nitrogens with zero attached hydrogens (tertiary/aromatic N) is 1. The minimum atomic E-state index is -3.57. The molecule has 164 valence electrons. The van der Waals surface area contributed by atoms with Crippen LogP contribution in [0.1, 0.15) is 15.9 Å². The molecule has 9 heteroatoms. The number of carbonyl (C=O) groups is 2. The van der Waals surface area contributed by atoms with Crippen molar-refractivity contribution >= 4 is 27.9 Å². The molecule has 2 aromatic rings. The Hall–Kier alpha value is -3.01. The Balaban J connectivity index is 1.53. The van der Waals surface area contributed by atoms with Crippen LogP contribution in [-0.2, 0) is 24.3 Å². The van der Waals surface area contributed by atoms with E-state index in [0.717, 1.165) is 0 Å². The summed E-state index contributed by atoms with van der Waals surface area (Å²) in [5.41, 5.74) is 1.04. The van der Waals surface area contributed by atoms with Crippen molar-refractivity contribution in [3.05, 3.63) is 65.7 Å². The van der Waals surface area contributed by atoms with Gasteiger partial charge < -0.3 is 14.2 Å². The van der Waals surface area contributed by atoms with E-state index in [2.05, 4.69) is 0 Å². The van der Waals surface area contributed by atoms with Gasteiger partial charge in [0.1, 0.15) is 5.75 Å². The average molecular weight is 445 g/mol. The van der Waals surface area contributed by atoms with Crippen LogP contribution in [0.15, 0.2) is 59.5 Å². The number of esters is 1. The predicted octanol–water partition coefficient (Wildman–Crippen LogP) is 2.16. The number of benzene rings is 2. The molecule has 1 saturated heterocycles. The molecule has 31 heavy (non-hydrogen) atoms. The van der Waals surface area contributed by atoms with E-state index in [0.29, 0.717) is 43.2 Å². The number of carbonyl (C=O) groups excluding carboxylic acids is 2. The van der Waals surface area contributed by atoms with Crippen LogP contribution in [0.25, 0.3) is 6.08 Å². The van der Waals surface area contributed by atoms with E-state index >= 15 is 0 Å². The van der Waals surface area contributed by atoms with Crippen LogP contribution in [-0.4, -0.2) is 64.5 Å². The topological polar surface area (TPSA) is 99.2 Å². The Morgan fingerprint density at radius 2 is 1.68 bits per heavy atom. The summed E-state index contributed by atoms with van der Waals surface area (Å²) in [5.74, 6) is -0.380. The summed E-state index contributed by atoms with van der Waals surface area (Å²) in [5, 5.41) is 0. The summed E-state index contributed by atoms with van der Waals surface area (Å²) in [6, 6.07) is 12.7. The lowest BCUT2D eigenvalue weighted by Crippen LogP contribution is -2.40. The van der Waals surface area contributed by atoms with Crippen LogP contribution in [0.2, 0.25) is 0 Å². The molecule has 1 aliphatic heterocycles. The van der Waals surface area contributed by atoms with Gasteiger partial charge in [0.05, 0.1) is 25.2 Å². The molecule has 0 N–H and O–H groups in total. The van der Waals surface area contributed by atoms with Gasteiger partial charge in [0.15, 0.2) is 12.4 Å². The van der Waals surface area contributed by atoms with Gasteiger partial charge in [-0.1, -0.05) is 12.1 Å². The molecule has 0 radical (unpaired) electrons. The molecule has 2 aromatic carbocycles. The second-order valence-corrected chi connectivity index (χ2v) is 8.62. The lowest BCUT2D eigenvalue weighted by molar-refractivity contribution is -0.136. The smallest absolute Gasteiger partial charge is 0.331 e. The monoisotopic (exact) mass is 445 g/mol. The van der Waals surface area contributed by atoms with Crippen molar-refractivity contribution in [2.45, 2.75) is 4.90 Å². The van der Waals surface area contributed by atoms with Crippen LogP contribution in [0.5, 0.6) is 5.75 Å². The molecule has 0 aliphatic carbocycles. The third kappa shape index (κ3) is 6.00. The first-order valence-electron chi connectivity index (χ1n) is 9.60. The molecule has 1 heterocycles. The standard InChI is InChI=1S/C22H23NO7S/c1-28-19-7-5-18(6-8-19)21(24)16-30-22(25)11-4-17-2-9-20(10-3-17)31(26,27)23-12-14-29-15-13-23/h2-11H,12-16H2,1H3. The highest BCUT2D eigenvalue weighted by molar-refractivity contribution is 7.89. The van der Waals surface area contributed by atoms with Gasteiger partial charge in [-0.2, -0.15) is 4.31 Å². The van der Waals surface area contributed by atoms with E-state index in [-0.39, 0.29) is 17.3 Å². The zero-order valence-electron chi connectivity index (χ0n) is 17.0. The Morgan fingerprint density at radius 1 is 1.03 bits per heavy atom. The van der Waals surface area contributed by atoms with E-state index < -0.39 is 16.0 Å². The van der Waals surface area contributed by atoms with E-state index in [1.165, 1.54) is 35.7 Å². The minimum absolute atomic E-state index is 0.180. The molecule has 8 nitrogen and oxygen atoms in total. The molecular weight excluding hydrogens is 422 g/mol. The van der Waals surface area contributed by atoms with Crippen LogP contribution in [0.3, 0.4) is 0 Å². The summed E-state index contributed by atoms with van der Waals surface area (Å²) in [7, 11) is -2.04. The molecule has 1 aliphatic rings. The first-order chi connectivity index (χ1) is 14.9. The van der Waals surface area contributed by atoms with Crippen molar-refractivity contribution < 1.29 is 32.2 Å². The Bertz CT molecular complexity index is 1040. The average Bonchev–Trinajstić information content (AvgIpc) is 2.82. The molecule has 0 atom stereocenters. The van der Waals surface area contributed by atoms with Crippen LogP contribution in [0, 0.1) is 0 Å². The maximum Gasteiger partial charge on any atom is 0.331 e. The number of hydrogen-bond donors (Lipinski definition) is 0. The van der Waals surface area contributed by atoms with Crippen molar-refractivity contribution in [1.82, 2.24) is 4.31 Å². The van der Waals surface area contributed by atoms with E-state index in [9.17, 15) is 18.0 Å². The highest BCUT2D eigenvalue weighted by atomic mass is 32.2. The van der Waals surface area contributed by atoms with Gasteiger partial charge in [-0.25, -0.2) is 13.2 Å².